The third-order valence-corrected chi connectivity index (χ3v) is 6.10. The minimum atomic E-state index is -0.586. The second-order valence-electron chi connectivity index (χ2n) is 7.31. The number of hydrogen-bond acceptors (Lipinski definition) is 8. The summed E-state index contributed by atoms with van der Waals surface area (Å²) in [6, 6.07) is 12.0. The number of hydrogen-bond donors (Lipinski definition) is 1. The Morgan fingerprint density at radius 3 is 2.76 bits per heavy atom. The normalized spacial score (nSPS) is 13.7. The highest BCUT2D eigenvalue weighted by molar-refractivity contribution is 7.99. The van der Waals surface area contributed by atoms with Crippen molar-refractivity contribution < 1.29 is 14.5 Å². The molecule has 10 nitrogen and oxygen atoms in total. The number of morpholine rings is 1. The van der Waals surface area contributed by atoms with Crippen LogP contribution < -0.4 is 10.2 Å². The highest BCUT2D eigenvalue weighted by Crippen LogP contribution is 2.30. The van der Waals surface area contributed by atoms with Gasteiger partial charge in [0.2, 0.25) is 11.9 Å². The summed E-state index contributed by atoms with van der Waals surface area (Å²) in [5.41, 5.74) is 1.79. The van der Waals surface area contributed by atoms with E-state index in [9.17, 15) is 14.9 Å². The Bertz CT molecular complexity index is 1180. The summed E-state index contributed by atoms with van der Waals surface area (Å²) in [4.78, 5) is 25.4. The number of benzene rings is 2. The van der Waals surface area contributed by atoms with Gasteiger partial charge in [-0.2, -0.15) is 0 Å². The first-order valence-corrected chi connectivity index (χ1v) is 11.5. The molecule has 0 saturated carbocycles. The topological polar surface area (TPSA) is 115 Å². The summed E-state index contributed by atoms with van der Waals surface area (Å²) in [5.74, 6) is 0.268. The lowest BCUT2D eigenvalue weighted by Gasteiger charge is -2.28. The van der Waals surface area contributed by atoms with E-state index < -0.39 is 10.8 Å². The van der Waals surface area contributed by atoms with Crippen LogP contribution in [-0.2, 0) is 9.53 Å². The summed E-state index contributed by atoms with van der Waals surface area (Å²) in [6.45, 7) is 4.59. The molecule has 1 N–H and O–H groups in total. The van der Waals surface area contributed by atoms with Crippen molar-refractivity contribution in [2.24, 2.45) is 0 Å². The smallest absolute Gasteiger partial charge is 0.294 e. The Kier molecular flexibility index (Phi) is 7.11. The Balaban J connectivity index is 1.55. The molecule has 2 heterocycles. The number of nitro groups is 1. The quantitative estimate of drug-likeness (QED) is 0.304. The number of nitro benzene ring substituents is 1. The second-order valence-corrected chi connectivity index (χ2v) is 8.69. The van der Waals surface area contributed by atoms with E-state index in [1.165, 1.54) is 30.0 Å². The van der Waals surface area contributed by atoms with E-state index in [4.69, 9.17) is 16.3 Å². The van der Waals surface area contributed by atoms with Crippen molar-refractivity contribution in [3.63, 3.8) is 0 Å². The van der Waals surface area contributed by atoms with Gasteiger partial charge < -0.3 is 15.0 Å². The van der Waals surface area contributed by atoms with Gasteiger partial charge >= 0.3 is 0 Å². The Morgan fingerprint density at radius 2 is 2.03 bits per heavy atom. The van der Waals surface area contributed by atoms with Crippen LogP contribution in [0.3, 0.4) is 0 Å². The molecule has 1 aromatic heterocycles. The lowest BCUT2D eigenvalue weighted by atomic mass is 10.2. The van der Waals surface area contributed by atoms with E-state index in [1.54, 1.807) is 0 Å². The average Bonchev–Trinajstić information content (AvgIpc) is 3.23. The number of halogens is 1. The first-order chi connectivity index (χ1) is 15.9. The van der Waals surface area contributed by atoms with Gasteiger partial charge in [-0.3, -0.25) is 19.5 Å². The number of carbonyl (C=O) groups is 1. The molecule has 0 atom stereocenters. The minimum absolute atomic E-state index is 0.00710. The van der Waals surface area contributed by atoms with E-state index in [0.717, 1.165) is 11.3 Å². The maximum atomic E-state index is 12.6. The van der Waals surface area contributed by atoms with Crippen molar-refractivity contribution in [1.82, 2.24) is 14.8 Å². The zero-order valence-electron chi connectivity index (χ0n) is 17.7. The van der Waals surface area contributed by atoms with Gasteiger partial charge in [0.15, 0.2) is 5.16 Å². The number of ether oxygens (including phenoxy) is 1. The molecule has 0 radical (unpaired) electrons. The van der Waals surface area contributed by atoms with E-state index in [-0.39, 0.29) is 22.2 Å². The summed E-state index contributed by atoms with van der Waals surface area (Å²) in [6.07, 6.45) is 0. The third kappa shape index (κ3) is 5.44. The largest absolute Gasteiger partial charge is 0.378 e. The predicted molar refractivity (Wildman–Crippen MR) is 127 cm³/mol. The monoisotopic (exact) mass is 488 g/mol. The van der Waals surface area contributed by atoms with Crippen molar-refractivity contribution in [2.45, 2.75) is 12.1 Å². The van der Waals surface area contributed by atoms with Crippen LogP contribution in [0.4, 0.5) is 17.3 Å². The van der Waals surface area contributed by atoms with Crippen LogP contribution >= 0.6 is 23.4 Å². The summed E-state index contributed by atoms with van der Waals surface area (Å²) in [7, 11) is 0. The molecule has 1 aliphatic rings. The van der Waals surface area contributed by atoms with Gasteiger partial charge in [-0.1, -0.05) is 35.5 Å². The first-order valence-electron chi connectivity index (χ1n) is 10.1. The number of aryl methyl sites for hydroxylation is 1. The number of carbonyl (C=O) groups excluding carboxylic acids is 1. The molecule has 1 saturated heterocycles. The fourth-order valence-corrected chi connectivity index (χ4v) is 4.31. The van der Waals surface area contributed by atoms with E-state index in [2.05, 4.69) is 20.4 Å². The lowest BCUT2D eigenvalue weighted by molar-refractivity contribution is -0.383. The molecule has 0 aliphatic carbocycles. The number of nitrogens with zero attached hydrogens (tertiary/aromatic N) is 5. The van der Waals surface area contributed by atoms with Gasteiger partial charge in [-0.25, -0.2) is 0 Å². The Labute approximate surface area is 199 Å². The summed E-state index contributed by atoms with van der Waals surface area (Å²) < 4.78 is 7.37. The van der Waals surface area contributed by atoms with E-state index in [0.29, 0.717) is 37.4 Å². The van der Waals surface area contributed by atoms with Gasteiger partial charge in [-0.05, 0) is 36.8 Å². The predicted octanol–water partition coefficient (Wildman–Crippen LogP) is 3.70. The van der Waals surface area contributed by atoms with Gasteiger partial charge in [0.25, 0.3) is 5.69 Å². The summed E-state index contributed by atoms with van der Waals surface area (Å²) in [5, 5.41) is 23.3. The van der Waals surface area contributed by atoms with E-state index in [1.807, 2.05) is 35.8 Å². The molecule has 0 unspecified atom stereocenters. The molecular formula is C21H21ClN6O4S. The third-order valence-electron chi connectivity index (χ3n) is 4.93. The van der Waals surface area contributed by atoms with Crippen molar-refractivity contribution in [1.29, 1.82) is 0 Å². The number of amides is 1. The number of rotatable bonds is 7. The maximum Gasteiger partial charge on any atom is 0.294 e. The van der Waals surface area contributed by atoms with Crippen molar-refractivity contribution in [3.05, 3.63) is 63.2 Å². The van der Waals surface area contributed by atoms with Crippen LogP contribution in [0.15, 0.2) is 47.6 Å². The Hall–Kier alpha value is -3.15. The molecule has 0 bridgehead atoms. The lowest BCUT2D eigenvalue weighted by Crippen LogP contribution is -2.37. The van der Waals surface area contributed by atoms with Crippen LogP contribution in [0, 0.1) is 17.0 Å². The van der Waals surface area contributed by atoms with Crippen molar-refractivity contribution in [3.8, 4) is 5.69 Å². The van der Waals surface area contributed by atoms with Crippen LogP contribution in [0.1, 0.15) is 5.56 Å². The molecule has 4 rings (SSSR count). The fraction of sp³-hybridized carbons (Fsp3) is 0.286. The van der Waals surface area contributed by atoms with Crippen molar-refractivity contribution in [2.75, 3.05) is 42.3 Å². The summed E-state index contributed by atoms with van der Waals surface area (Å²) >= 11 is 7.04. The fourth-order valence-electron chi connectivity index (χ4n) is 3.39. The van der Waals surface area contributed by atoms with Gasteiger partial charge in [0.1, 0.15) is 5.69 Å². The highest BCUT2D eigenvalue weighted by atomic mass is 35.5. The number of anilines is 2. The standard InChI is InChI=1S/C21H21ClN6O4S/c1-14-3-2-4-16(11-14)27-20(26-7-9-32-10-8-26)24-25-21(27)33-13-19(29)23-17-6-5-15(22)12-18(17)28(30)31/h2-6,11-12H,7-10,13H2,1H3,(H,23,29). The molecule has 3 aromatic rings. The van der Waals surface area contributed by atoms with Gasteiger partial charge in [0, 0.05) is 24.2 Å². The average molecular weight is 489 g/mol. The molecule has 172 valence electrons. The molecular weight excluding hydrogens is 468 g/mol. The maximum absolute atomic E-state index is 12.6. The second kappa shape index (κ2) is 10.2. The SMILES string of the molecule is Cc1cccc(-n2c(SCC(=O)Nc3ccc(Cl)cc3[N+](=O)[O-])nnc2N2CCOCC2)c1. The van der Waals surface area contributed by atoms with Crippen LogP contribution in [0.5, 0.6) is 0 Å². The minimum Gasteiger partial charge on any atom is -0.378 e. The molecule has 2 aromatic carbocycles. The molecule has 33 heavy (non-hydrogen) atoms. The highest BCUT2D eigenvalue weighted by Gasteiger charge is 2.23. The number of aromatic nitrogens is 3. The van der Waals surface area contributed by atoms with Crippen LogP contribution in [0.2, 0.25) is 5.02 Å². The van der Waals surface area contributed by atoms with Crippen LogP contribution in [-0.4, -0.2) is 57.7 Å². The molecule has 1 fully saturated rings. The zero-order chi connectivity index (χ0) is 23.4. The van der Waals surface area contributed by atoms with Gasteiger partial charge in [-0.15, -0.1) is 10.2 Å². The molecule has 1 amide bonds. The van der Waals surface area contributed by atoms with E-state index >= 15 is 0 Å². The van der Waals surface area contributed by atoms with Gasteiger partial charge in [0.05, 0.1) is 29.6 Å². The van der Waals surface area contributed by atoms with Crippen molar-refractivity contribution >= 4 is 46.6 Å². The number of thioether (sulfide) groups is 1. The zero-order valence-corrected chi connectivity index (χ0v) is 19.3. The molecule has 12 heteroatoms. The Morgan fingerprint density at radius 1 is 1.24 bits per heavy atom. The van der Waals surface area contributed by atoms with Crippen LogP contribution in [0.25, 0.3) is 5.69 Å². The molecule has 1 aliphatic heterocycles. The number of nitrogens with one attached hydrogen (secondary N) is 1. The molecule has 0 spiro atoms. The first kappa shape index (κ1) is 23.0.